The second-order valence-electron chi connectivity index (χ2n) is 3.75. The molecule has 0 aromatic carbocycles. The van der Waals surface area contributed by atoms with E-state index in [1.54, 1.807) is 7.05 Å². The van der Waals surface area contributed by atoms with Crippen LogP contribution in [0.25, 0.3) is 0 Å². The summed E-state index contributed by atoms with van der Waals surface area (Å²) in [6.45, 7) is 10.8. The van der Waals surface area contributed by atoms with Gasteiger partial charge in [0.15, 0.2) is 0 Å². The fraction of sp³-hybridized carbons (Fsp3) is 0.900. The average Bonchev–Trinajstić information content (AvgIpc) is 2.04. The number of carbonyl (C=O) groups excluding carboxylic acids is 1. The van der Waals surface area contributed by atoms with Gasteiger partial charge in [0, 0.05) is 0 Å². The number of ether oxygens (including phenoxy) is 1. The summed E-state index contributed by atoms with van der Waals surface area (Å²) in [6.07, 6.45) is 0. The van der Waals surface area contributed by atoms with Crippen molar-refractivity contribution in [3.63, 3.8) is 0 Å². The van der Waals surface area contributed by atoms with Crippen molar-refractivity contribution in [3.8, 4) is 0 Å². The van der Waals surface area contributed by atoms with E-state index in [4.69, 9.17) is 4.74 Å². The molecule has 0 aliphatic rings. The minimum atomic E-state index is -0.192. The van der Waals surface area contributed by atoms with Gasteiger partial charge in [0.1, 0.15) is 0 Å². The van der Waals surface area contributed by atoms with Gasteiger partial charge < -0.3 is 10.1 Å². The Morgan fingerprint density at radius 2 is 1.77 bits per heavy atom. The third-order valence-electron chi connectivity index (χ3n) is 0.987. The summed E-state index contributed by atoms with van der Waals surface area (Å²) in [5, 5.41) is 2.73. The van der Waals surface area contributed by atoms with Crippen LogP contribution in [0.3, 0.4) is 0 Å². The van der Waals surface area contributed by atoms with Crippen LogP contribution in [-0.2, 0) is 9.53 Å². The molecule has 0 aromatic rings. The Balaban J connectivity index is 0. The summed E-state index contributed by atoms with van der Waals surface area (Å²) >= 11 is 0. The van der Waals surface area contributed by atoms with Gasteiger partial charge >= 0.3 is 5.97 Å². The molecule has 0 unspecified atom stereocenters. The molecule has 0 fully saturated rings. The fourth-order valence-corrected chi connectivity index (χ4v) is 0.492. The Hall–Kier alpha value is -0.570. The van der Waals surface area contributed by atoms with E-state index in [0.717, 1.165) is 0 Å². The highest BCUT2D eigenvalue weighted by molar-refractivity contribution is 5.71. The van der Waals surface area contributed by atoms with Crippen molar-refractivity contribution in [1.82, 2.24) is 5.32 Å². The Morgan fingerprint density at radius 3 is 2.08 bits per heavy atom. The number of hydrogen-bond donors (Lipinski definition) is 1. The van der Waals surface area contributed by atoms with Crippen molar-refractivity contribution in [2.24, 2.45) is 5.41 Å². The Morgan fingerprint density at radius 1 is 1.31 bits per heavy atom. The lowest BCUT2D eigenvalue weighted by Gasteiger charge is -2.17. The predicted molar refractivity (Wildman–Crippen MR) is 55.7 cm³/mol. The first-order valence-electron chi connectivity index (χ1n) is 4.76. The molecule has 0 heterocycles. The molecule has 13 heavy (non-hydrogen) atoms. The number of hydrogen-bond acceptors (Lipinski definition) is 3. The summed E-state index contributed by atoms with van der Waals surface area (Å²) in [5.41, 5.74) is 0.0589. The molecular weight excluding hydrogens is 166 g/mol. The number of esters is 1. The summed E-state index contributed by atoms with van der Waals surface area (Å²) in [4.78, 5) is 10.8. The van der Waals surface area contributed by atoms with Gasteiger partial charge in [0.2, 0.25) is 0 Å². The predicted octanol–water partition coefficient (Wildman–Crippen LogP) is 1.82. The highest BCUT2D eigenvalue weighted by atomic mass is 16.5. The lowest BCUT2D eigenvalue weighted by atomic mass is 9.99. The molecule has 0 saturated heterocycles. The van der Waals surface area contributed by atoms with E-state index in [1.165, 1.54) is 0 Å². The molecule has 3 heteroatoms. The van der Waals surface area contributed by atoms with Gasteiger partial charge in [-0.3, -0.25) is 4.79 Å². The summed E-state index contributed by atoms with van der Waals surface area (Å²) in [5.74, 6) is -0.192. The average molecular weight is 189 g/mol. The SMILES string of the molecule is CC.CNCC(=O)OCC(C)(C)C. The first-order valence-corrected chi connectivity index (χ1v) is 4.76. The van der Waals surface area contributed by atoms with Gasteiger partial charge in [-0.1, -0.05) is 34.6 Å². The van der Waals surface area contributed by atoms with Crippen molar-refractivity contribution in [2.45, 2.75) is 34.6 Å². The molecule has 3 nitrogen and oxygen atoms in total. The normalized spacial score (nSPS) is 10.0. The first kappa shape index (κ1) is 14.9. The molecule has 0 saturated carbocycles. The zero-order valence-electron chi connectivity index (χ0n) is 9.73. The zero-order valence-corrected chi connectivity index (χ0v) is 9.73. The van der Waals surface area contributed by atoms with Crippen LogP contribution < -0.4 is 5.32 Å². The van der Waals surface area contributed by atoms with E-state index < -0.39 is 0 Å². The van der Waals surface area contributed by atoms with Gasteiger partial charge in [-0.2, -0.15) is 0 Å². The topological polar surface area (TPSA) is 38.3 Å². The number of likely N-dealkylation sites (N-methyl/N-ethyl adjacent to an activating group) is 1. The van der Waals surface area contributed by atoms with E-state index in [9.17, 15) is 4.79 Å². The van der Waals surface area contributed by atoms with Gasteiger partial charge in [0.05, 0.1) is 13.2 Å². The second kappa shape index (κ2) is 8.05. The molecule has 0 aromatic heterocycles. The van der Waals surface area contributed by atoms with E-state index in [1.807, 2.05) is 34.6 Å². The van der Waals surface area contributed by atoms with E-state index in [2.05, 4.69) is 5.32 Å². The van der Waals surface area contributed by atoms with Crippen LogP contribution in [0.5, 0.6) is 0 Å². The maximum absolute atomic E-state index is 10.8. The van der Waals surface area contributed by atoms with Gasteiger partial charge in [-0.15, -0.1) is 0 Å². The Kier molecular flexibility index (Phi) is 9.24. The monoisotopic (exact) mass is 189 g/mol. The van der Waals surface area contributed by atoms with Crippen LogP contribution in [0.1, 0.15) is 34.6 Å². The Labute approximate surface area is 81.9 Å². The largest absolute Gasteiger partial charge is 0.464 e. The van der Waals surface area contributed by atoms with Crippen molar-refractivity contribution in [2.75, 3.05) is 20.2 Å². The molecule has 0 amide bonds. The van der Waals surface area contributed by atoms with Gasteiger partial charge in [-0.05, 0) is 12.5 Å². The lowest BCUT2D eigenvalue weighted by molar-refractivity contribution is -0.145. The van der Waals surface area contributed by atoms with E-state index in [0.29, 0.717) is 6.61 Å². The van der Waals surface area contributed by atoms with Gasteiger partial charge in [0.25, 0.3) is 0 Å². The van der Waals surface area contributed by atoms with Gasteiger partial charge in [-0.25, -0.2) is 0 Å². The fourth-order valence-electron chi connectivity index (χ4n) is 0.492. The maximum atomic E-state index is 10.8. The van der Waals surface area contributed by atoms with Crippen LogP contribution in [0.4, 0.5) is 0 Å². The molecule has 0 rings (SSSR count). The molecule has 0 radical (unpaired) electrons. The summed E-state index contributed by atoms with van der Waals surface area (Å²) in [6, 6.07) is 0. The van der Waals surface area contributed by atoms with Crippen LogP contribution in [0.15, 0.2) is 0 Å². The standard InChI is InChI=1S/C8H17NO2.C2H6/c1-8(2,3)6-11-7(10)5-9-4;1-2/h9H,5-6H2,1-4H3;1-2H3. The van der Waals surface area contributed by atoms with Crippen LogP contribution >= 0.6 is 0 Å². The molecule has 0 bridgehead atoms. The van der Waals surface area contributed by atoms with E-state index >= 15 is 0 Å². The molecule has 0 aliphatic carbocycles. The number of nitrogens with one attached hydrogen (secondary N) is 1. The molecule has 1 N–H and O–H groups in total. The Bertz CT molecular complexity index is 127. The van der Waals surface area contributed by atoms with Crippen molar-refractivity contribution in [1.29, 1.82) is 0 Å². The third kappa shape index (κ3) is 14.3. The zero-order chi connectivity index (χ0) is 10.9. The van der Waals surface area contributed by atoms with Crippen molar-refractivity contribution in [3.05, 3.63) is 0 Å². The van der Waals surface area contributed by atoms with Crippen LogP contribution in [0.2, 0.25) is 0 Å². The van der Waals surface area contributed by atoms with Crippen molar-refractivity contribution < 1.29 is 9.53 Å². The maximum Gasteiger partial charge on any atom is 0.319 e. The van der Waals surface area contributed by atoms with E-state index in [-0.39, 0.29) is 17.9 Å². The lowest BCUT2D eigenvalue weighted by Crippen LogP contribution is -2.25. The molecule has 0 atom stereocenters. The van der Waals surface area contributed by atoms with Crippen molar-refractivity contribution >= 4 is 5.97 Å². The summed E-state index contributed by atoms with van der Waals surface area (Å²) in [7, 11) is 1.72. The first-order chi connectivity index (χ1) is 5.95. The quantitative estimate of drug-likeness (QED) is 0.688. The second-order valence-corrected chi connectivity index (χ2v) is 3.75. The highest BCUT2D eigenvalue weighted by Crippen LogP contribution is 2.12. The number of rotatable bonds is 3. The molecular formula is C10H23NO2. The minimum absolute atomic E-state index is 0.0589. The third-order valence-corrected chi connectivity index (χ3v) is 0.987. The molecule has 0 spiro atoms. The minimum Gasteiger partial charge on any atom is -0.464 e. The number of carbonyl (C=O) groups is 1. The highest BCUT2D eigenvalue weighted by Gasteiger charge is 2.12. The van der Waals surface area contributed by atoms with Crippen LogP contribution in [-0.4, -0.2) is 26.2 Å². The van der Waals surface area contributed by atoms with Crippen LogP contribution in [0, 0.1) is 5.41 Å². The molecule has 80 valence electrons. The smallest absolute Gasteiger partial charge is 0.319 e. The summed E-state index contributed by atoms with van der Waals surface area (Å²) < 4.78 is 4.95. The molecule has 0 aliphatic heterocycles.